The molecule has 0 aromatic heterocycles. The van der Waals surface area contributed by atoms with Gasteiger partial charge in [0, 0.05) is 18.2 Å². The summed E-state index contributed by atoms with van der Waals surface area (Å²) >= 11 is 0. The molecule has 0 aliphatic rings. The molecule has 0 spiro atoms. The summed E-state index contributed by atoms with van der Waals surface area (Å²) in [5.41, 5.74) is 0.448. The van der Waals surface area contributed by atoms with Crippen molar-refractivity contribution in [2.45, 2.75) is 6.92 Å². The maximum absolute atomic E-state index is 12.2. The molecule has 0 fully saturated rings. The number of carbonyl (C=O) groups excluding carboxylic acids is 1. The Morgan fingerprint density at radius 1 is 1.28 bits per heavy atom. The lowest BCUT2D eigenvalue weighted by Gasteiger charge is -2.18. The summed E-state index contributed by atoms with van der Waals surface area (Å²) in [5, 5.41) is 8.67. The molecule has 0 N–H and O–H groups in total. The number of hydrogen-bond donors (Lipinski definition) is 0. The minimum absolute atomic E-state index is 0.0643. The first kappa shape index (κ1) is 13.8. The van der Waals surface area contributed by atoms with Crippen LogP contribution in [-0.4, -0.2) is 38.1 Å². The predicted molar refractivity (Wildman–Crippen MR) is 66.7 cm³/mol. The molecular weight excluding hydrogens is 232 g/mol. The van der Waals surface area contributed by atoms with Gasteiger partial charge in [0.25, 0.3) is 5.91 Å². The molecule has 1 rings (SSSR count). The van der Waals surface area contributed by atoms with E-state index in [-0.39, 0.29) is 12.5 Å². The minimum atomic E-state index is -0.212. The summed E-state index contributed by atoms with van der Waals surface area (Å²) in [6.07, 6.45) is 0. The van der Waals surface area contributed by atoms with Gasteiger partial charge in [0.1, 0.15) is 18.0 Å². The molecule has 0 aliphatic heterocycles. The van der Waals surface area contributed by atoms with E-state index in [9.17, 15) is 4.79 Å². The molecule has 18 heavy (non-hydrogen) atoms. The van der Waals surface area contributed by atoms with Crippen LogP contribution in [0.4, 0.5) is 0 Å². The Balaban J connectivity index is 3.07. The fourth-order valence-corrected chi connectivity index (χ4v) is 1.53. The number of hydrogen-bond acceptors (Lipinski definition) is 4. The fourth-order valence-electron chi connectivity index (χ4n) is 1.53. The zero-order chi connectivity index (χ0) is 13.5. The van der Waals surface area contributed by atoms with Crippen molar-refractivity contribution in [1.29, 1.82) is 5.26 Å². The van der Waals surface area contributed by atoms with Gasteiger partial charge in [-0.3, -0.25) is 4.79 Å². The highest BCUT2D eigenvalue weighted by Crippen LogP contribution is 2.23. The van der Waals surface area contributed by atoms with Gasteiger partial charge in [-0.15, -0.1) is 0 Å². The second-order valence-corrected chi connectivity index (χ2v) is 3.58. The van der Waals surface area contributed by atoms with Gasteiger partial charge in [-0.1, -0.05) is 0 Å². The number of nitrogens with zero attached hydrogens (tertiary/aromatic N) is 2. The van der Waals surface area contributed by atoms with Crippen molar-refractivity contribution in [3.63, 3.8) is 0 Å². The molecule has 1 amide bonds. The molecule has 1 aromatic carbocycles. The maximum atomic E-state index is 12.2. The van der Waals surface area contributed by atoms with Crippen LogP contribution in [0.25, 0.3) is 0 Å². The third kappa shape index (κ3) is 3.14. The van der Waals surface area contributed by atoms with Crippen LogP contribution < -0.4 is 9.47 Å². The number of carbonyl (C=O) groups is 1. The maximum Gasteiger partial charge on any atom is 0.254 e. The zero-order valence-electron chi connectivity index (χ0n) is 10.8. The van der Waals surface area contributed by atoms with E-state index in [2.05, 4.69) is 0 Å². The van der Waals surface area contributed by atoms with Crippen LogP contribution >= 0.6 is 0 Å². The molecule has 0 heterocycles. The number of amides is 1. The number of rotatable bonds is 5. The SMILES string of the molecule is CCN(CC#N)C(=O)c1cc(OC)cc(OC)c1. The Morgan fingerprint density at radius 3 is 2.22 bits per heavy atom. The average Bonchev–Trinajstić information content (AvgIpc) is 2.43. The van der Waals surface area contributed by atoms with Crippen molar-refractivity contribution in [2.75, 3.05) is 27.3 Å². The standard InChI is InChI=1S/C13H16N2O3/c1-4-15(6-5-14)13(16)10-7-11(17-2)9-12(8-10)18-3/h7-9H,4,6H2,1-3H3. The summed E-state index contributed by atoms with van der Waals surface area (Å²) in [6, 6.07) is 6.92. The Kier molecular flexibility index (Phi) is 5.00. The van der Waals surface area contributed by atoms with Crippen LogP contribution in [0.2, 0.25) is 0 Å². The number of benzene rings is 1. The number of ether oxygens (including phenoxy) is 2. The van der Waals surface area contributed by atoms with Crippen LogP contribution in [0.1, 0.15) is 17.3 Å². The first-order valence-corrected chi connectivity index (χ1v) is 5.55. The number of methoxy groups -OCH3 is 2. The van der Waals surface area contributed by atoms with Crippen LogP contribution in [0.3, 0.4) is 0 Å². The lowest BCUT2D eigenvalue weighted by Crippen LogP contribution is -2.31. The van der Waals surface area contributed by atoms with E-state index in [1.807, 2.05) is 13.0 Å². The fraction of sp³-hybridized carbons (Fsp3) is 0.385. The Labute approximate surface area is 107 Å². The van der Waals surface area contributed by atoms with Gasteiger partial charge in [-0.2, -0.15) is 5.26 Å². The molecule has 1 aromatic rings. The van der Waals surface area contributed by atoms with E-state index in [0.29, 0.717) is 23.6 Å². The number of nitriles is 1. The summed E-state index contributed by atoms with van der Waals surface area (Å²) in [4.78, 5) is 13.6. The third-order valence-corrected chi connectivity index (χ3v) is 2.53. The van der Waals surface area contributed by atoms with Gasteiger partial charge in [-0.25, -0.2) is 0 Å². The zero-order valence-corrected chi connectivity index (χ0v) is 10.8. The van der Waals surface area contributed by atoms with Gasteiger partial charge >= 0.3 is 0 Å². The summed E-state index contributed by atoms with van der Waals surface area (Å²) in [7, 11) is 3.05. The monoisotopic (exact) mass is 248 g/mol. The van der Waals surface area contributed by atoms with Crippen LogP contribution in [0.5, 0.6) is 11.5 Å². The minimum Gasteiger partial charge on any atom is -0.497 e. The van der Waals surface area contributed by atoms with E-state index < -0.39 is 0 Å². The Morgan fingerprint density at radius 2 is 1.83 bits per heavy atom. The van der Waals surface area contributed by atoms with Crippen molar-refractivity contribution >= 4 is 5.91 Å². The molecule has 0 atom stereocenters. The van der Waals surface area contributed by atoms with Crippen molar-refractivity contribution in [1.82, 2.24) is 4.90 Å². The molecule has 0 saturated heterocycles. The van der Waals surface area contributed by atoms with E-state index >= 15 is 0 Å². The lowest BCUT2D eigenvalue weighted by molar-refractivity contribution is 0.0783. The smallest absolute Gasteiger partial charge is 0.254 e. The van der Waals surface area contributed by atoms with E-state index in [1.165, 1.54) is 19.1 Å². The first-order valence-electron chi connectivity index (χ1n) is 5.55. The quantitative estimate of drug-likeness (QED) is 0.744. The Bertz CT molecular complexity index is 444. The van der Waals surface area contributed by atoms with Crippen molar-refractivity contribution in [2.24, 2.45) is 0 Å². The van der Waals surface area contributed by atoms with E-state index in [1.54, 1.807) is 18.2 Å². The van der Waals surface area contributed by atoms with Crippen molar-refractivity contribution in [3.05, 3.63) is 23.8 Å². The van der Waals surface area contributed by atoms with Gasteiger partial charge < -0.3 is 14.4 Å². The highest BCUT2D eigenvalue weighted by atomic mass is 16.5. The first-order chi connectivity index (χ1) is 8.65. The highest BCUT2D eigenvalue weighted by molar-refractivity contribution is 5.95. The van der Waals surface area contributed by atoms with E-state index in [4.69, 9.17) is 14.7 Å². The molecule has 0 saturated carbocycles. The molecule has 5 heteroatoms. The summed E-state index contributed by atoms with van der Waals surface area (Å²) in [5.74, 6) is 0.882. The van der Waals surface area contributed by atoms with Gasteiger partial charge in [0.2, 0.25) is 0 Å². The molecule has 0 bridgehead atoms. The van der Waals surface area contributed by atoms with Crippen LogP contribution in [-0.2, 0) is 0 Å². The summed E-state index contributed by atoms with van der Waals surface area (Å²) in [6.45, 7) is 2.37. The molecule has 5 nitrogen and oxygen atoms in total. The molecule has 0 radical (unpaired) electrons. The van der Waals surface area contributed by atoms with Gasteiger partial charge in [0.05, 0.1) is 20.3 Å². The normalized spacial score (nSPS) is 9.44. The van der Waals surface area contributed by atoms with Crippen LogP contribution in [0.15, 0.2) is 18.2 Å². The molecule has 0 aliphatic carbocycles. The Hall–Kier alpha value is -2.22. The topological polar surface area (TPSA) is 62.6 Å². The average molecular weight is 248 g/mol. The molecular formula is C13H16N2O3. The van der Waals surface area contributed by atoms with Crippen molar-refractivity contribution in [3.8, 4) is 17.6 Å². The van der Waals surface area contributed by atoms with Gasteiger partial charge in [0.15, 0.2) is 0 Å². The predicted octanol–water partition coefficient (Wildman–Crippen LogP) is 1.69. The van der Waals surface area contributed by atoms with Crippen molar-refractivity contribution < 1.29 is 14.3 Å². The lowest BCUT2D eigenvalue weighted by atomic mass is 10.1. The second kappa shape index (κ2) is 6.50. The molecule has 96 valence electrons. The van der Waals surface area contributed by atoms with E-state index in [0.717, 1.165) is 0 Å². The molecule has 0 unspecified atom stereocenters. The second-order valence-electron chi connectivity index (χ2n) is 3.58. The third-order valence-electron chi connectivity index (χ3n) is 2.53. The van der Waals surface area contributed by atoms with Gasteiger partial charge in [-0.05, 0) is 19.1 Å². The summed E-state index contributed by atoms with van der Waals surface area (Å²) < 4.78 is 10.2. The van der Waals surface area contributed by atoms with Crippen LogP contribution in [0, 0.1) is 11.3 Å². The highest BCUT2D eigenvalue weighted by Gasteiger charge is 2.15. The largest absolute Gasteiger partial charge is 0.497 e.